The second kappa shape index (κ2) is 6.91. The van der Waals surface area contributed by atoms with Gasteiger partial charge in [0, 0.05) is 37.2 Å². The normalized spacial score (nSPS) is 21.3. The molecule has 2 heterocycles. The zero-order valence-electron chi connectivity index (χ0n) is 13.3. The van der Waals surface area contributed by atoms with E-state index in [9.17, 15) is 9.59 Å². The van der Waals surface area contributed by atoms with Crippen LogP contribution in [0.3, 0.4) is 0 Å². The van der Waals surface area contributed by atoms with Gasteiger partial charge in [0.1, 0.15) is 0 Å². The number of hydrogen-bond donors (Lipinski definition) is 3. The average molecular weight is 307 g/mol. The van der Waals surface area contributed by atoms with Crippen LogP contribution in [0.4, 0.5) is 0 Å². The van der Waals surface area contributed by atoms with Crippen molar-refractivity contribution in [2.75, 3.05) is 6.54 Å². The molecule has 0 aromatic carbocycles. The van der Waals surface area contributed by atoms with E-state index in [1.807, 2.05) is 13.8 Å². The Bertz CT molecular complexity index is 535. The third-order valence-electron chi connectivity index (χ3n) is 4.49. The number of rotatable bonds is 6. The molecule has 0 aliphatic carbocycles. The van der Waals surface area contributed by atoms with E-state index in [-0.39, 0.29) is 30.3 Å². The molecule has 7 heteroatoms. The molecule has 1 aromatic rings. The summed E-state index contributed by atoms with van der Waals surface area (Å²) < 4.78 is 0. The van der Waals surface area contributed by atoms with Gasteiger partial charge in [-0.05, 0) is 38.7 Å². The minimum Gasteiger partial charge on any atom is -0.370 e. The summed E-state index contributed by atoms with van der Waals surface area (Å²) in [7, 11) is 0. The van der Waals surface area contributed by atoms with Gasteiger partial charge in [0.05, 0.1) is 5.69 Å². The predicted molar refractivity (Wildman–Crippen MR) is 82.9 cm³/mol. The first-order valence-electron chi connectivity index (χ1n) is 7.74. The van der Waals surface area contributed by atoms with E-state index < -0.39 is 0 Å². The molecule has 7 nitrogen and oxygen atoms in total. The summed E-state index contributed by atoms with van der Waals surface area (Å²) in [5.41, 5.74) is 14.1. The molecule has 1 saturated heterocycles. The molecule has 122 valence electrons. The van der Waals surface area contributed by atoms with Gasteiger partial charge in [-0.1, -0.05) is 0 Å². The van der Waals surface area contributed by atoms with E-state index >= 15 is 0 Å². The number of nitrogens with two attached hydrogens (primary N) is 2. The second-order valence-electron chi connectivity index (χ2n) is 6.00. The zero-order chi connectivity index (χ0) is 16.3. The van der Waals surface area contributed by atoms with E-state index in [2.05, 4.69) is 10.2 Å². The van der Waals surface area contributed by atoms with Crippen molar-refractivity contribution in [3.8, 4) is 0 Å². The zero-order valence-corrected chi connectivity index (χ0v) is 13.3. The van der Waals surface area contributed by atoms with Crippen molar-refractivity contribution in [3.05, 3.63) is 17.0 Å². The fourth-order valence-electron chi connectivity index (χ4n) is 3.34. The van der Waals surface area contributed by atoms with Gasteiger partial charge >= 0.3 is 0 Å². The van der Waals surface area contributed by atoms with Crippen LogP contribution < -0.4 is 11.5 Å². The molecule has 2 atom stereocenters. The molecule has 0 radical (unpaired) electrons. The number of nitrogens with one attached hydrogen (secondary N) is 1. The van der Waals surface area contributed by atoms with Crippen molar-refractivity contribution in [2.45, 2.75) is 58.0 Å². The standard InChI is InChI=1S/C15H25N5O2/c1-9-13(10(2)19-18-9)5-6-15(22)20-11(7-14(17)21)3-4-12(20)8-16/h11-12H,3-8,16H2,1-2H3,(H2,17,21)(H,18,19)/t11-,12+/m1/s1. The van der Waals surface area contributed by atoms with Crippen molar-refractivity contribution in [1.29, 1.82) is 0 Å². The van der Waals surface area contributed by atoms with Crippen LogP contribution >= 0.6 is 0 Å². The fraction of sp³-hybridized carbons (Fsp3) is 0.667. The third-order valence-corrected chi connectivity index (χ3v) is 4.49. The minimum atomic E-state index is -0.373. The van der Waals surface area contributed by atoms with Crippen LogP contribution in [0.5, 0.6) is 0 Å². The number of primary amides is 1. The monoisotopic (exact) mass is 307 g/mol. The number of nitrogens with zero attached hydrogens (tertiary/aromatic N) is 2. The van der Waals surface area contributed by atoms with Crippen LogP contribution in [0.25, 0.3) is 0 Å². The lowest BCUT2D eigenvalue weighted by Crippen LogP contribution is -2.45. The maximum absolute atomic E-state index is 12.6. The highest BCUT2D eigenvalue weighted by Gasteiger charge is 2.36. The smallest absolute Gasteiger partial charge is 0.223 e. The Kier molecular flexibility index (Phi) is 5.18. The van der Waals surface area contributed by atoms with Gasteiger partial charge < -0.3 is 16.4 Å². The van der Waals surface area contributed by atoms with Gasteiger partial charge in [-0.3, -0.25) is 14.7 Å². The maximum atomic E-state index is 12.6. The maximum Gasteiger partial charge on any atom is 0.223 e. The number of aryl methyl sites for hydroxylation is 2. The molecule has 1 fully saturated rings. The molecule has 2 amide bonds. The highest BCUT2D eigenvalue weighted by Crippen LogP contribution is 2.27. The van der Waals surface area contributed by atoms with Gasteiger partial charge in [0.25, 0.3) is 0 Å². The SMILES string of the molecule is Cc1n[nH]c(C)c1CCC(=O)N1[C@H](CN)CC[C@@H]1CC(N)=O. The first-order valence-corrected chi connectivity index (χ1v) is 7.74. The Hall–Kier alpha value is -1.89. The highest BCUT2D eigenvalue weighted by molar-refractivity contribution is 5.80. The van der Waals surface area contributed by atoms with Gasteiger partial charge in [-0.2, -0.15) is 5.10 Å². The molecule has 22 heavy (non-hydrogen) atoms. The summed E-state index contributed by atoms with van der Waals surface area (Å²) >= 11 is 0. The van der Waals surface area contributed by atoms with E-state index in [0.29, 0.717) is 19.4 Å². The Morgan fingerprint density at radius 3 is 2.55 bits per heavy atom. The Morgan fingerprint density at radius 1 is 1.32 bits per heavy atom. The highest BCUT2D eigenvalue weighted by atomic mass is 16.2. The summed E-state index contributed by atoms with van der Waals surface area (Å²) in [6, 6.07) is -0.0894. The molecule has 0 bridgehead atoms. The Labute approximate surface area is 130 Å². The first kappa shape index (κ1) is 16.5. The molecule has 1 aliphatic heterocycles. The Balaban J connectivity index is 2.03. The number of hydrogen-bond acceptors (Lipinski definition) is 4. The molecular weight excluding hydrogens is 282 g/mol. The lowest BCUT2D eigenvalue weighted by atomic mass is 10.1. The van der Waals surface area contributed by atoms with Crippen LogP contribution in [0.15, 0.2) is 0 Å². The fourth-order valence-corrected chi connectivity index (χ4v) is 3.34. The van der Waals surface area contributed by atoms with E-state index in [1.165, 1.54) is 0 Å². The average Bonchev–Trinajstić information content (AvgIpc) is 3.00. The van der Waals surface area contributed by atoms with Gasteiger partial charge in [0.15, 0.2) is 0 Å². The van der Waals surface area contributed by atoms with Crippen molar-refractivity contribution < 1.29 is 9.59 Å². The molecule has 5 N–H and O–H groups in total. The molecule has 0 saturated carbocycles. The van der Waals surface area contributed by atoms with Gasteiger partial charge in [0.2, 0.25) is 11.8 Å². The van der Waals surface area contributed by atoms with Crippen LogP contribution in [0.1, 0.15) is 42.6 Å². The van der Waals surface area contributed by atoms with Crippen molar-refractivity contribution in [3.63, 3.8) is 0 Å². The molecule has 2 rings (SSSR count). The predicted octanol–water partition coefficient (Wildman–Crippen LogP) is 0.153. The third kappa shape index (κ3) is 3.47. The van der Waals surface area contributed by atoms with E-state index in [1.54, 1.807) is 4.90 Å². The van der Waals surface area contributed by atoms with Crippen LogP contribution in [0, 0.1) is 13.8 Å². The van der Waals surface area contributed by atoms with E-state index in [0.717, 1.165) is 29.8 Å². The van der Waals surface area contributed by atoms with Crippen molar-refractivity contribution in [1.82, 2.24) is 15.1 Å². The Morgan fingerprint density at radius 2 is 2.00 bits per heavy atom. The van der Waals surface area contributed by atoms with Crippen LogP contribution in [-0.2, 0) is 16.0 Å². The summed E-state index contributed by atoms with van der Waals surface area (Å²) in [6.07, 6.45) is 2.88. The number of aromatic amines is 1. The quantitative estimate of drug-likeness (QED) is 0.693. The second-order valence-corrected chi connectivity index (χ2v) is 6.00. The molecule has 0 unspecified atom stereocenters. The first-order chi connectivity index (χ1) is 10.4. The number of carbonyl (C=O) groups excluding carboxylic acids is 2. The number of H-pyrrole nitrogens is 1. The van der Waals surface area contributed by atoms with Gasteiger partial charge in [-0.15, -0.1) is 0 Å². The molecular formula is C15H25N5O2. The summed E-state index contributed by atoms with van der Waals surface area (Å²) in [6.45, 7) is 4.30. The molecule has 0 spiro atoms. The van der Waals surface area contributed by atoms with Crippen LogP contribution in [0.2, 0.25) is 0 Å². The summed E-state index contributed by atoms with van der Waals surface area (Å²) in [5.74, 6) is -0.332. The van der Waals surface area contributed by atoms with Crippen LogP contribution in [-0.4, -0.2) is 45.5 Å². The number of likely N-dealkylation sites (tertiary alicyclic amines) is 1. The topological polar surface area (TPSA) is 118 Å². The van der Waals surface area contributed by atoms with E-state index in [4.69, 9.17) is 11.5 Å². The lowest BCUT2D eigenvalue weighted by Gasteiger charge is -2.29. The summed E-state index contributed by atoms with van der Waals surface area (Å²) in [4.78, 5) is 25.6. The number of aromatic nitrogens is 2. The summed E-state index contributed by atoms with van der Waals surface area (Å²) in [5, 5.41) is 7.07. The van der Waals surface area contributed by atoms with Crippen molar-refractivity contribution in [2.24, 2.45) is 11.5 Å². The molecule has 1 aromatic heterocycles. The lowest BCUT2D eigenvalue weighted by molar-refractivity contribution is -0.134. The van der Waals surface area contributed by atoms with Gasteiger partial charge in [-0.25, -0.2) is 0 Å². The minimum absolute atomic E-state index is 0.0170. The number of carbonyl (C=O) groups is 2. The largest absolute Gasteiger partial charge is 0.370 e. The molecule has 1 aliphatic rings. The van der Waals surface area contributed by atoms with Crippen molar-refractivity contribution >= 4 is 11.8 Å². The number of amides is 2.